The first-order valence-corrected chi connectivity index (χ1v) is 6.24. The molecule has 1 heterocycles. The van der Waals surface area contributed by atoms with Gasteiger partial charge in [-0.25, -0.2) is 4.39 Å². The highest BCUT2D eigenvalue weighted by atomic mass is 32.1. The molecule has 1 atom stereocenters. The second-order valence-electron chi connectivity index (χ2n) is 4.57. The molecular formula is C13H13FN2O2S. The van der Waals surface area contributed by atoms with Gasteiger partial charge in [-0.1, -0.05) is 31.3 Å². The third-order valence-corrected chi connectivity index (χ3v) is 3.36. The number of carbonyl (C=O) groups is 2. The van der Waals surface area contributed by atoms with E-state index in [0.29, 0.717) is 0 Å². The molecule has 4 nitrogen and oxygen atoms in total. The first-order valence-electron chi connectivity index (χ1n) is 5.83. The number of likely N-dealkylation sites (tertiary alicyclic amines) is 1. The number of thiocarbonyl (C=S) groups is 1. The van der Waals surface area contributed by atoms with Gasteiger partial charge in [-0.2, -0.15) is 0 Å². The smallest absolute Gasteiger partial charge is 0.232 e. The molecule has 0 radical (unpaired) electrons. The van der Waals surface area contributed by atoms with Crippen molar-refractivity contribution in [1.82, 2.24) is 4.90 Å². The third-order valence-electron chi connectivity index (χ3n) is 3.14. The largest absolute Gasteiger partial charge is 0.389 e. The van der Waals surface area contributed by atoms with E-state index in [1.54, 1.807) is 13.0 Å². The lowest BCUT2D eigenvalue weighted by molar-refractivity contribution is -0.139. The number of nitrogens with two attached hydrogens (primary N) is 1. The van der Waals surface area contributed by atoms with E-state index in [0.717, 1.165) is 4.90 Å². The van der Waals surface area contributed by atoms with E-state index in [2.05, 4.69) is 0 Å². The molecule has 2 amide bonds. The lowest BCUT2D eigenvalue weighted by atomic mass is 10.1. The molecule has 0 aromatic heterocycles. The Morgan fingerprint density at radius 3 is 2.74 bits per heavy atom. The normalized spacial score (nSPS) is 19.1. The minimum absolute atomic E-state index is 0.0493. The topological polar surface area (TPSA) is 63.4 Å². The Morgan fingerprint density at radius 1 is 1.53 bits per heavy atom. The molecule has 100 valence electrons. The van der Waals surface area contributed by atoms with Crippen LogP contribution in [0.5, 0.6) is 0 Å². The van der Waals surface area contributed by atoms with Gasteiger partial charge in [-0.05, 0) is 6.07 Å². The highest BCUT2D eigenvalue weighted by Gasteiger charge is 2.35. The Kier molecular flexibility index (Phi) is 3.61. The SMILES string of the molecule is CC1CC(=O)N(Cc2cccc(C(N)=S)c2F)C1=O. The van der Waals surface area contributed by atoms with Crippen molar-refractivity contribution in [2.75, 3.05) is 0 Å². The van der Waals surface area contributed by atoms with Crippen molar-refractivity contribution >= 4 is 29.0 Å². The maximum absolute atomic E-state index is 14.1. The van der Waals surface area contributed by atoms with Crippen LogP contribution in [-0.4, -0.2) is 21.7 Å². The lowest BCUT2D eigenvalue weighted by Crippen LogP contribution is -2.30. The number of imide groups is 1. The van der Waals surface area contributed by atoms with E-state index in [-0.39, 0.29) is 46.8 Å². The van der Waals surface area contributed by atoms with Gasteiger partial charge in [0.15, 0.2) is 0 Å². The standard InChI is InChI=1S/C13H13FN2O2S/c1-7-5-10(17)16(13(7)18)6-8-3-2-4-9(11(8)14)12(15)19/h2-4,7H,5-6H2,1H3,(H2,15,19). The molecular weight excluding hydrogens is 267 g/mol. The monoisotopic (exact) mass is 280 g/mol. The van der Waals surface area contributed by atoms with Gasteiger partial charge in [0.05, 0.1) is 6.54 Å². The predicted molar refractivity (Wildman–Crippen MR) is 71.6 cm³/mol. The Labute approximate surface area is 115 Å². The van der Waals surface area contributed by atoms with Crippen LogP contribution in [0.15, 0.2) is 18.2 Å². The van der Waals surface area contributed by atoms with E-state index in [1.807, 2.05) is 0 Å². The van der Waals surface area contributed by atoms with Crippen molar-refractivity contribution in [2.24, 2.45) is 11.7 Å². The predicted octanol–water partition coefficient (Wildman–Crippen LogP) is 1.35. The maximum atomic E-state index is 14.1. The number of nitrogens with zero attached hydrogens (tertiary/aromatic N) is 1. The summed E-state index contributed by atoms with van der Waals surface area (Å²) in [7, 11) is 0. The van der Waals surface area contributed by atoms with Crippen molar-refractivity contribution in [3.05, 3.63) is 35.1 Å². The highest BCUT2D eigenvalue weighted by molar-refractivity contribution is 7.80. The minimum atomic E-state index is -0.574. The third kappa shape index (κ3) is 2.49. The van der Waals surface area contributed by atoms with Gasteiger partial charge in [0.2, 0.25) is 11.8 Å². The van der Waals surface area contributed by atoms with Crippen LogP contribution < -0.4 is 5.73 Å². The van der Waals surface area contributed by atoms with Crippen molar-refractivity contribution < 1.29 is 14.0 Å². The Bertz CT molecular complexity index is 574. The highest BCUT2D eigenvalue weighted by Crippen LogP contribution is 2.23. The van der Waals surface area contributed by atoms with Gasteiger partial charge >= 0.3 is 0 Å². The van der Waals surface area contributed by atoms with E-state index < -0.39 is 5.82 Å². The molecule has 1 aliphatic heterocycles. The summed E-state index contributed by atoms with van der Waals surface area (Å²) in [6.45, 7) is 1.60. The molecule has 2 rings (SSSR count). The van der Waals surface area contributed by atoms with E-state index in [4.69, 9.17) is 18.0 Å². The molecule has 1 aromatic carbocycles. The van der Waals surface area contributed by atoms with Crippen molar-refractivity contribution in [3.63, 3.8) is 0 Å². The Hall–Kier alpha value is -1.82. The van der Waals surface area contributed by atoms with Crippen molar-refractivity contribution in [2.45, 2.75) is 19.9 Å². The molecule has 1 fully saturated rings. The van der Waals surface area contributed by atoms with Gasteiger partial charge < -0.3 is 5.73 Å². The zero-order valence-electron chi connectivity index (χ0n) is 10.4. The number of benzene rings is 1. The van der Waals surface area contributed by atoms with Gasteiger partial charge in [0.25, 0.3) is 0 Å². The second kappa shape index (κ2) is 5.05. The average molecular weight is 280 g/mol. The van der Waals surface area contributed by atoms with Gasteiger partial charge in [0, 0.05) is 23.5 Å². The first kappa shape index (κ1) is 13.6. The zero-order valence-corrected chi connectivity index (χ0v) is 11.2. The summed E-state index contributed by atoms with van der Waals surface area (Å²) < 4.78 is 14.1. The fraction of sp³-hybridized carbons (Fsp3) is 0.308. The summed E-state index contributed by atoms with van der Waals surface area (Å²) in [6.07, 6.45) is 0.176. The molecule has 0 aliphatic carbocycles. The van der Waals surface area contributed by atoms with Crippen LogP contribution in [0.25, 0.3) is 0 Å². The van der Waals surface area contributed by atoms with Crippen LogP contribution in [-0.2, 0) is 16.1 Å². The number of hydrogen-bond donors (Lipinski definition) is 1. The molecule has 1 aromatic rings. The van der Waals surface area contributed by atoms with Crippen LogP contribution in [0.3, 0.4) is 0 Å². The summed E-state index contributed by atoms with van der Waals surface area (Å²) >= 11 is 4.75. The number of carbonyl (C=O) groups excluding carboxylic acids is 2. The van der Waals surface area contributed by atoms with Crippen molar-refractivity contribution in [1.29, 1.82) is 0 Å². The van der Waals surface area contributed by atoms with Crippen LogP contribution in [0.1, 0.15) is 24.5 Å². The average Bonchev–Trinajstić information content (AvgIpc) is 2.58. The van der Waals surface area contributed by atoms with Crippen LogP contribution in [0.2, 0.25) is 0 Å². The summed E-state index contributed by atoms with van der Waals surface area (Å²) in [4.78, 5) is 24.5. The molecule has 0 spiro atoms. The quantitative estimate of drug-likeness (QED) is 0.670. The number of rotatable bonds is 3. The summed E-state index contributed by atoms with van der Waals surface area (Å²) in [5.74, 6) is -1.47. The number of hydrogen-bond acceptors (Lipinski definition) is 3. The van der Waals surface area contributed by atoms with Gasteiger partial charge in [-0.15, -0.1) is 0 Å². The summed E-state index contributed by atoms with van der Waals surface area (Å²) in [5, 5.41) is 0. The summed E-state index contributed by atoms with van der Waals surface area (Å²) in [5.41, 5.74) is 5.77. The molecule has 2 N–H and O–H groups in total. The van der Waals surface area contributed by atoms with Crippen LogP contribution >= 0.6 is 12.2 Å². The fourth-order valence-corrected chi connectivity index (χ4v) is 2.23. The van der Waals surface area contributed by atoms with E-state index >= 15 is 0 Å². The van der Waals surface area contributed by atoms with Crippen LogP contribution in [0.4, 0.5) is 4.39 Å². The Balaban J connectivity index is 2.30. The number of halogens is 1. The Morgan fingerprint density at radius 2 is 2.21 bits per heavy atom. The molecule has 1 unspecified atom stereocenters. The maximum Gasteiger partial charge on any atom is 0.232 e. The van der Waals surface area contributed by atoms with Crippen LogP contribution in [0, 0.1) is 11.7 Å². The minimum Gasteiger partial charge on any atom is -0.389 e. The van der Waals surface area contributed by atoms with Crippen molar-refractivity contribution in [3.8, 4) is 0 Å². The number of amides is 2. The van der Waals surface area contributed by atoms with Gasteiger partial charge in [-0.3, -0.25) is 14.5 Å². The lowest BCUT2D eigenvalue weighted by Gasteiger charge is -2.15. The molecule has 0 saturated carbocycles. The molecule has 1 saturated heterocycles. The second-order valence-corrected chi connectivity index (χ2v) is 5.01. The molecule has 6 heteroatoms. The molecule has 0 bridgehead atoms. The zero-order chi connectivity index (χ0) is 14.2. The van der Waals surface area contributed by atoms with E-state index in [9.17, 15) is 14.0 Å². The molecule has 1 aliphatic rings. The fourth-order valence-electron chi connectivity index (χ4n) is 2.08. The first-order chi connectivity index (χ1) is 8.91. The summed E-state index contributed by atoms with van der Waals surface area (Å²) in [6, 6.07) is 4.58. The van der Waals surface area contributed by atoms with E-state index in [1.165, 1.54) is 12.1 Å². The van der Waals surface area contributed by atoms with Gasteiger partial charge in [0.1, 0.15) is 10.8 Å². The molecule has 19 heavy (non-hydrogen) atoms.